The molecule has 0 heterocycles. The molecular formula is C13H21ClN2O2S. The molecule has 0 aromatic heterocycles. The van der Waals surface area contributed by atoms with Crippen LogP contribution < -0.4 is 10.5 Å². The van der Waals surface area contributed by atoms with Crippen molar-refractivity contribution in [2.24, 2.45) is 5.73 Å². The Balaban J connectivity index is 0.00000324. The monoisotopic (exact) mass is 304 g/mol. The minimum Gasteiger partial charge on any atom is -0.496 e. The summed E-state index contributed by atoms with van der Waals surface area (Å²) >= 11 is 1.63. The van der Waals surface area contributed by atoms with E-state index in [0.29, 0.717) is 6.54 Å². The Morgan fingerprint density at radius 2 is 2.16 bits per heavy atom. The molecule has 0 aliphatic heterocycles. The fraction of sp³-hybridized carbons (Fsp3) is 0.462. The first-order chi connectivity index (χ1) is 8.49. The van der Waals surface area contributed by atoms with Gasteiger partial charge < -0.3 is 15.4 Å². The van der Waals surface area contributed by atoms with Crippen molar-refractivity contribution >= 4 is 30.1 Å². The van der Waals surface area contributed by atoms with Crippen LogP contribution in [0.2, 0.25) is 0 Å². The maximum atomic E-state index is 11.7. The molecule has 6 heteroatoms. The van der Waals surface area contributed by atoms with Crippen molar-refractivity contribution in [1.29, 1.82) is 0 Å². The van der Waals surface area contributed by atoms with E-state index in [9.17, 15) is 4.79 Å². The number of thioether (sulfide) groups is 1. The van der Waals surface area contributed by atoms with Gasteiger partial charge in [-0.3, -0.25) is 4.79 Å². The van der Waals surface area contributed by atoms with Crippen LogP contribution in [0.1, 0.15) is 12.5 Å². The molecule has 1 amide bonds. The lowest BCUT2D eigenvalue weighted by atomic mass is 10.2. The second-order valence-electron chi connectivity index (χ2n) is 4.17. The van der Waals surface area contributed by atoms with Crippen molar-refractivity contribution < 1.29 is 9.53 Å². The van der Waals surface area contributed by atoms with Gasteiger partial charge in [-0.2, -0.15) is 0 Å². The minimum absolute atomic E-state index is 0. The number of hydrogen-bond donors (Lipinski definition) is 1. The number of carbonyl (C=O) groups is 1. The van der Waals surface area contributed by atoms with Gasteiger partial charge in [0, 0.05) is 18.5 Å². The first-order valence-electron chi connectivity index (χ1n) is 5.71. The second kappa shape index (κ2) is 8.30. The van der Waals surface area contributed by atoms with E-state index < -0.39 is 6.04 Å². The van der Waals surface area contributed by atoms with E-state index in [4.69, 9.17) is 10.5 Å². The van der Waals surface area contributed by atoms with E-state index in [0.717, 1.165) is 16.2 Å². The highest BCUT2D eigenvalue weighted by Gasteiger charge is 2.14. The van der Waals surface area contributed by atoms with Gasteiger partial charge in [0.05, 0.1) is 13.2 Å². The Morgan fingerprint density at radius 1 is 1.53 bits per heavy atom. The van der Waals surface area contributed by atoms with Gasteiger partial charge in [0.25, 0.3) is 0 Å². The standard InChI is InChI=1S/C13H20N2O2S.ClH/c1-9(14)13(16)15(2)8-10-5-6-12(18-4)11(7-10)17-3;/h5-7,9H,8,14H2,1-4H3;1H/t9-;/m1./s1. The van der Waals surface area contributed by atoms with Crippen molar-refractivity contribution in [3.05, 3.63) is 23.8 Å². The number of methoxy groups -OCH3 is 1. The minimum atomic E-state index is -0.470. The number of benzene rings is 1. The Kier molecular flexibility index (Phi) is 7.90. The Morgan fingerprint density at radius 3 is 2.63 bits per heavy atom. The molecule has 1 atom stereocenters. The van der Waals surface area contributed by atoms with E-state index in [1.54, 1.807) is 37.7 Å². The number of nitrogens with two attached hydrogens (primary N) is 1. The van der Waals surface area contributed by atoms with Crippen LogP contribution in [0, 0.1) is 0 Å². The van der Waals surface area contributed by atoms with Crippen LogP contribution in [-0.2, 0) is 11.3 Å². The van der Waals surface area contributed by atoms with Gasteiger partial charge in [-0.25, -0.2) is 0 Å². The third-order valence-corrected chi connectivity index (χ3v) is 3.41. The fourth-order valence-electron chi connectivity index (χ4n) is 1.68. The van der Waals surface area contributed by atoms with Gasteiger partial charge in [0.1, 0.15) is 5.75 Å². The van der Waals surface area contributed by atoms with Crippen molar-refractivity contribution in [3.8, 4) is 5.75 Å². The summed E-state index contributed by atoms with van der Waals surface area (Å²) in [7, 11) is 3.40. The van der Waals surface area contributed by atoms with Crippen molar-refractivity contribution in [1.82, 2.24) is 4.90 Å². The van der Waals surface area contributed by atoms with Crippen LogP contribution in [0.5, 0.6) is 5.75 Å². The highest BCUT2D eigenvalue weighted by molar-refractivity contribution is 7.98. The number of hydrogen-bond acceptors (Lipinski definition) is 4. The molecule has 108 valence electrons. The van der Waals surface area contributed by atoms with Crippen molar-refractivity contribution in [3.63, 3.8) is 0 Å². The Labute approximate surface area is 125 Å². The van der Waals surface area contributed by atoms with E-state index in [2.05, 4.69) is 0 Å². The molecule has 0 aliphatic carbocycles. The molecule has 0 fully saturated rings. The average molecular weight is 305 g/mol. The molecule has 0 saturated heterocycles. The lowest BCUT2D eigenvalue weighted by Crippen LogP contribution is -2.39. The van der Waals surface area contributed by atoms with Gasteiger partial charge >= 0.3 is 0 Å². The topological polar surface area (TPSA) is 55.6 Å². The van der Waals surface area contributed by atoms with E-state index in [-0.39, 0.29) is 18.3 Å². The van der Waals surface area contributed by atoms with Crippen LogP contribution in [0.3, 0.4) is 0 Å². The van der Waals surface area contributed by atoms with Gasteiger partial charge in [-0.1, -0.05) is 6.07 Å². The third-order valence-electron chi connectivity index (χ3n) is 2.63. The number of ether oxygens (including phenoxy) is 1. The summed E-state index contributed by atoms with van der Waals surface area (Å²) < 4.78 is 5.32. The van der Waals surface area contributed by atoms with Crippen LogP contribution in [0.15, 0.2) is 23.1 Å². The first-order valence-corrected chi connectivity index (χ1v) is 6.93. The molecule has 0 spiro atoms. The SMILES string of the molecule is COc1cc(CN(C)C(=O)[C@@H](C)N)ccc1SC.Cl. The normalized spacial score (nSPS) is 11.4. The third kappa shape index (κ3) is 4.93. The molecule has 1 aromatic carbocycles. The predicted octanol–water partition coefficient (Wildman–Crippen LogP) is 2.14. The summed E-state index contributed by atoms with van der Waals surface area (Å²) in [5.74, 6) is 0.768. The quantitative estimate of drug-likeness (QED) is 0.847. The number of likely N-dealkylation sites (N-methyl/N-ethyl adjacent to an activating group) is 1. The van der Waals surface area contributed by atoms with Gasteiger partial charge in [0.2, 0.25) is 5.91 Å². The molecular weight excluding hydrogens is 284 g/mol. The van der Waals surface area contributed by atoms with Crippen LogP contribution in [0.25, 0.3) is 0 Å². The summed E-state index contributed by atoms with van der Waals surface area (Å²) in [6.07, 6.45) is 2.00. The van der Waals surface area contributed by atoms with E-state index >= 15 is 0 Å². The maximum Gasteiger partial charge on any atom is 0.239 e. The summed E-state index contributed by atoms with van der Waals surface area (Å²) in [5.41, 5.74) is 6.60. The van der Waals surface area contributed by atoms with Crippen molar-refractivity contribution in [2.75, 3.05) is 20.4 Å². The summed E-state index contributed by atoms with van der Waals surface area (Å²) in [6.45, 7) is 2.22. The molecule has 2 N–H and O–H groups in total. The zero-order valence-corrected chi connectivity index (χ0v) is 13.3. The number of rotatable bonds is 5. The zero-order valence-electron chi connectivity index (χ0n) is 11.7. The fourth-order valence-corrected chi connectivity index (χ4v) is 2.23. The lowest BCUT2D eigenvalue weighted by molar-refractivity contribution is -0.131. The lowest BCUT2D eigenvalue weighted by Gasteiger charge is -2.20. The second-order valence-corrected chi connectivity index (χ2v) is 5.02. The number of nitrogens with zero attached hydrogens (tertiary/aromatic N) is 1. The smallest absolute Gasteiger partial charge is 0.239 e. The summed E-state index contributed by atoms with van der Waals surface area (Å²) in [5, 5.41) is 0. The first kappa shape index (κ1) is 18.1. The Bertz CT molecular complexity index is 427. The molecule has 1 rings (SSSR count). The molecule has 4 nitrogen and oxygen atoms in total. The van der Waals surface area contributed by atoms with Gasteiger partial charge in [-0.05, 0) is 30.9 Å². The molecule has 0 bridgehead atoms. The summed E-state index contributed by atoms with van der Waals surface area (Å²) in [6, 6.07) is 5.49. The Hall–Kier alpha value is -0.910. The van der Waals surface area contributed by atoms with Crippen molar-refractivity contribution in [2.45, 2.75) is 24.4 Å². The highest BCUT2D eigenvalue weighted by atomic mass is 35.5. The van der Waals surface area contributed by atoms with Crippen LogP contribution >= 0.6 is 24.2 Å². The molecule has 0 saturated carbocycles. The summed E-state index contributed by atoms with van der Waals surface area (Å²) in [4.78, 5) is 14.4. The average Bonchev–Trinajstić information content (AvgIpc) is 2.37. The molecule has 1 aromatic rings. The number of amides is 1. The predicted molar refractivity (Wildman–Crippen MR) is 82.1 cm³/mol. The molecule has 0 aliphatic rings. The molecule has 19 heavy (non-hydrogen) atoms. The maximum absolute atomic E-state index is 11.7. The number of carbonyl (C=O) groups excluding carboxylic acids is 1. The zero-order chi connectivity index (χ0) is 13.7. The van der Waals surface area contributed by atoms with E-state index in [1.807, 2.05) is 24.5 Å². The van der Waals surface area contributed by atoms with E-state index in [1.165, 1.54) is 0 Å². The van der Waals surface area contributed by atoms with Gasteiger partial charge in [0.15, 0.2) is 0 Å². The number of halogens is 1. The van der Waals surface area contributed by atoms with Gasteiger partial charge in [-0.15, -0.1) is 24.2 Å². The molecule has 0 radical (unpaired) electrons. The highest BCUT2D eigenvalue weighted by Crippen LogP contribution is 2.28. The van der Waals surface area contributed by atoms with Crippen LogP contribution in [-0.4, -0.2) is 37.3 Å². The molecule has 0 unspecified atom stereocenters. The van der Waals surface area contributed by atoms with Crippen LogP contribution in [0.4, 0.5) is 0 Å². The largest absolute Gasteiger partial charge is 0.496 e.